The van der Waals surface area contributed by atoms with Gasteiger partial charge in [0.15, 0.2) is 0 Å². The molecule has 2 atom stereocenters. The van der Waals surface area contributed by atoms with Crippen molar-refractivity contribution in [3.8, 4) is 0 Å². The second-order valence-electron chi connectivity index (χ2n) is 4.92. The number of nitrogens with zero attached hydrogens (tertiary/aromatic N) is 1. The van der Waals surface area contributed by atoms with Gasteiger partial charge in [-0.1, -0.05) is 12.1 Å². The van der Waals surface area contributed by atoms with Gasteiger partial charge in [-0.25, -0.2) is 0 Å². The molecule has 1 aliphatic rings. The fourth-order valence-corrected chi connectivity index (χ4v) is 2.45. The molecule has 2 nitrogen and oxygen atoms in total. The van der Waals surface area contributed by atoms with E-state index in [1.807, 2.05) is 6.92 Å². The van der Waals surface area contributed by atoms with Gasteiger partial charge in [0.05, 0.1) is 0 Å². The minimum absolute atomic E-state index is 0.132. The monoisotopic (exact) mass is 218 g/mol. The molecule has 0 unspecified atom stereocenters. The number of anilines is 1. The topological polar surface area (TPSA) is 29.3 Å². The molecule has 1 aromatic rings. The van der Waals surface area contributed by atoms with E-state index in [1.165, 1.54) is 37.1 Å². The van der Waals surface area contributed by atoms with Gasteiger partial charge in [0.1, 0.15) is 0 Å². The summed E-state index contributed by atoms with van der Waals surface area (Å²) in [6, 6.07) is 9.53. The maximum Gasteiger partial charge on any atom is 0.0368 e. The third-order valence-electron chi connectivity index (χ3n) is 3.55. The number of nitrogens with two attached hydrogens (primary N) is 1. The van der Waals surface area contributed by atoms with Crippen molar-refractivity contribution in [3.05, 3.63) is 29.8 Å². The highest BCUT2D eigenvalue weighted by atomic mass is 15.2. The lowest BCUT2D eigenvalue weighted by atomic mass is 10.0. The van der Waals surface area contributed by atoms with Crippen LogP contribution in [0.4, 0.5) is 5.69 Å². The Labute approximate surface area is 98.4 Å². The fourth-order valence-electron chi connectivity index (χ4n) is 2.45. The third kappa shape index (κ3) is 2.38. The Bertz CT molecular complexity index is 329. The SMILES string of the molecule is C[C@H](N)c1ccc(N2CCCC[C@@H]2C)cc1. The highest BCUT2D eigenvalue weighted by Gasteiger charge is 2.18. The smallest absolute Gasteiger partial charge is 0.0368 e. The Kier molecular flexibility index (Phi) is 3.49. The molecule has 1 saturated heterocycles. The Morgan fingerprint density at radius 3 is 2.50 bits per heavy atom. The van der Waals surface area contributed by atoms with Crippen LogP contribution in [0.1, 0.15) is 44.7 Å². The van der Waals surface area contributed by atoms with E-state index in [2.05, 4.69) is 36.1 Å². The molecule has 1 fully saturated rings. The molecule has 0 aromatic heterocycles. The van der Waals surface area contributed by atoms with Crippen molar-refractivity contribution in [1.29, 1.82) is 0 Å². The quantitative estimate of drug-likeness (QED) is 0.826. The summed E-state index contributed by atoms with van der Waals surface area (Å²) in [7, 11) is 0. The van der Waals surface area contributed by atoms with E-state index >= 15 is 0 Å². The van der Waals surface area contributed by atoms with Crippen molar-refractivity contribution < 1.29 is 0 Å². The predicted molar refractivity (Wildman–Crippen MR) is 69.7 cm³/mol. The summed E-state index contributed by atoms with van der Waals surface area (Å²) >= 11 is 0. The zero-order valence-electron chi connectivity index (χ0n) is 10.3. The maximum absolute atomic E-state index is 5.86. The third-order valence-corrected chi connectivity index (χ3v) is 3.55. The number of hydrogen-bond donors (Lipinski definition) is 1. The van der Waals surface area contributed by atoms with Crippen molar-refractivity contribution in [3.63, 3.8) is 0 Å². The van der Waals surface area contributed by atoms with Crippen LogP contribution in [0.3, 0.4) is 0 Å². The zero-order valence-corrected chi connectivity index (χ0v) is 10.3. The molecule has 1 heterocycles. The number of hydrogen-bond acceptors (Lipinski definition) is 2. The van der Waals surface area contributed by atoms with Crippen LogP contribution in [-0.4, -0.2) is 12.6 Å². The summed E-state index contributed by atoms with van der Waals surface area (Å²) < 4.78 is 0. The van der Waals surface area contributed by atoms with Gasteiger partial charge >= 0.3 is 0 Å². The summed E-state index contributed by atoms with van der Waals surface area (Å²) in [5.41, 5.74) is 8.42. The average Bonchev–Trinajstić information content (AvgIpc) is 2.30. The molecule has 0 amide bonds. The Morgan fingerprint density at radius 2 is 1.94 bits per heavy atom. The molecule has 0 spiro atoms. The van der Waals surface area contributed by atoms with Crippen molar-refractivity contribution in [1.82, 2.24) is 0 Å². The lowest BCUT2D eigenvalue weighted by molar-refractivity contribution is 0.485. The summed E-state index contributed by atoms with van der Waals surface area (Å²) in [5, 5.41) is 0. The standard InChI is InChI=1S/C14H22N2/c1-11-5-3-4-10-16(11)14-8-6-13(7-9-14)12(2)15/h6-9,11-12H,3-5,10,15H2,1-2H3/t11-,12-/m0/s1. The van der Waals surface area contributed by atoms with Crippen LogP contribution >= 0.6 is 0 Å². The lowest BCUT2D eigenvalue weighted by Gasteiger charge is -2.35. The first-order valence-electron chi connectivity index (χ1n) is 6.30. The van der Waals surface area contributed by atoms with Gasteiger partial charge in [0.2, 0.25) is 0 Å². The van der Waals surface area contributed by atoms with Crippen LogP contribution < -0.4 is 10.6 Å². The van der Waals surface area contributed by atoms with Crippen LogP contribution in [0.15, 0.2) is 24.3 Å². The summed E-state index contributed by atoms with van der Waals surface area (Å²) in [6.45, 7) is 5.54. The van der Waals surface area contributed by atoms with Gasteiger partial charge in [-0.15, -0.1) is 0 Å². The van der Waals surface area contributed by atoms with Crippen LogP contribution in [0, 0.1) is 0 Å². The molecule has 2 rings (SSSR count). The molecule has 2 N–H and O–H groups in total. The normalized spacial score (nSPS) is 23.2. The Hall–Kier alpha value is -1.02. The van der Waals surface area contributed by atoms with Crippen LogP contribution in [0.5, 0.6) is 0 Å². The predicted octanol–water partition coefficient (Wildman–Crippen LogP) is 3.09. The van der Waals surface area contributed by atoms with E-state index in [0.717, 1.165) is 0 Å². The van der Waals surface area contributed by atoms with Gasteiger partial charge in [-0.05, 0) is 50.8 Å². The molecule has 0 radical (unpaired) electrons. The summed E-state index contributed by atoms with van der Waals surface area (Å²) in [6.07, 6.45) is 4.00. The van der Waals surface area contributed by atoms with E-state index in [-0.39, 0.29) is 6.04 Å². The highest BCUT2D eigenvalue weighted by molar-refractivity contribution is 5.49. The molecule has 0 bridgehead atoms. The van der Waals surface area contributed by atoms with Crippen molar-refractivity contribution >= 4 is 5.69 Å². The van der Waals surface area contributed by atoms with E-state index in [4.69, 9.17) is 5.73 Å². The second kappa shape index (κ2) is 4.88. The van der Waals surface area contributed by atoms with Crippen molar-refractivity contribution in [2.45, 2.75) is 45.2 Å². The average molecular weight is 218 g/mol. The van der Waals surface area contributed by atoms with E-state index in [1.54, 1.807) is 0 Å². The van der Waals surface area contributed by atoms with E-state index in [9.17, 15) is 0 Å². The van der Waals surface area contributed by atoms with Gasteiger partial charge in [0.25, 0.3) is 0 Å². The molecule has 0 saturated carbocycles. The first kappa shape index (κ1) is 11.5. The Balaban J connectivity index is 2.14. The molecule has 0 aliphatic carbocycles. The minimum Gasteiger partial charge on any atom is -0.369 e. The lowest BCUT2D eigenvalue weighted by Crippen LogP contribution is -2.37. The summed E-state index contributed by atoms with van der Waals surface area (Å²) in [5.74, 6) is 0. The number of piperidine rings is 1. The first-order valence-corrected chi connectivity index (χ1v) is 6.30. The molecule has 88 valence electrons. The summed E-state index contributed by atoms with van der Waals surface area (Å²) in [4.78, 5) is 2.51. The van der Waals surface area contributed by atoms with Gasteiger partial charge in [0, 0.05) is 24.3 Å². The van der Waals surface area contributed by atoms with Crippen LogP contribution in [0.2, 0.25) is 0 Å². The first-order chi connectivity index (χ1) is 7.68. The second-order valence-corrected chi connectivity index (χ2v) is 4.92. The minimum atomic E-state index is 0.132. The fraction of sp³-hybridized carbons (Fsp3) is 0.571. The molecule has 1 aromatic carbocycles. The Morgan fingerprint density at radius 1 is 1.25 bits per heavy atom. The highest BCUT2D eigenvalue weighted by Crippen LogP contribution is 2.25. The van der Waals surface area contributed by atoms with E-state index < -0.39 is 0 Å². The molecule has 1 aliphatic heterocycles. The van der Waals surface area contributed by atoms with Gasteiger partial charge in [-0.3, -0.25) is 0 Å². The van der Waals surface area contributed by atoms with E-state index in [0.29, 0.717) is 6.04 Å². The zero-order chi connectivity index (χ0) is 11.5. The maximum atomic E-state index is 5.86. The molecule has 2 heteroatoms. The molecule has 16 heavy (non-hydrogen) atoms. The van der Waals surface area contributed by atoms with Gasteiger partial charge in [-0.2, -0.15) is 0 Å². The molecular formula is C14H22N2. The number of benzene rings is 1. The van der Waals surface area contributed by atoms with Crippen LogP contribution in [0.25, 0.3) is 0 Å². The number of rotatable bonds is 2. The van der Waals surface area contributed by atoms with Crippen molar-refractivity contribution in [2.75, 3.05) is 11.4 Å². The largest absolute Gasteiger partial charge is 0.369 e. The molecular weight excluding hydrogens is 196 g/mol. The van der Waals surface area contributed by atoms with Crippen LogP contribution in [-0.2, 0) is 0 Å². The van der Waals surface area contributed by atoms with Crippen molar-refractivity contribution in [2.24, 2.45) is 5.73 Å². The van der Waals surface area contributed by atoms with Gasteiger partial charge < -0.3 is 10.6 Å².